The molecule has 0 spiro atoms. The van der Waals surface area contributed by atoms with E-state index in [-0.39, 0.29) is 24.5 Å². The molecule has 0 radical (unpaired) electrons. The van der Waals surface area contributed by atoms with E-state index in [2.05, 4.69) is 10.6 Å². The zero-order chi connectivity index (χ0) is 14.4. The molecular weight excluding hydrogens is 252 g/mol. The van der Waals surface area contributed by atoms with Crippen LogP contribution < -0.4 is 10.6 Å². The molecule has 0 aliphatic heterocycles. The largest absolute Gasteiger partial charge is 0.396 e. The van der Waals surface area contributed by atoms with Crippen LogP contribution in [0.15, 0.2) is 24.3 Å². The molecule has 0 saturated heterocycles. The van der Waals surface area contributed by atoms with Crippen molar-refractivity contribution in [2.24, 2.45) is 5.92 Å². The van der Waals surface area contributed by atoms with Gasteiger partial charge in [0.15, 0.2) is 0 Å². The molecule has 1 aliphatic rings. The number of nitrogens with one attached hydrogen (secondary N) is 2. The summed E-state index contributed by atoms with van der Waals surface area (Å²) in [4.78, 5) is 11.9. The molecule has 0 aromatic heterocycles. The highest BCUT2D eigenvalue weighted by Gasteiger charge is 2.24. The summed E-state index contributed by atoms with van der Waals surface area (Å²) in [6, 6.07) is 8.03. The SMILES string of the molecule is Cc1ccc(NC(=O)CNC2CCCCC2CO)cc1. The predicted octanol–water partition coefficient (Wildman–Crippen LogP) is 2.07. The average molecular weight is 276 g/mol. The van der Waals surface area contributed by atoms with Crippen molar-refractivity contribution < 1.29 is 9.90 Å². The Hall–Kier alpha value is -1.39. The number of aryl methyl sites for hydroxylation is 1. The van der Waals surface area contributed by atoms with Gasteiger partial charge in [0.2, 0.25) is 5.91 Å². The minimum absolute atomic E-state index is 0.0314. The lowest BCUT2D eigenvalue weighted by Gasteiger charge is -2.30. The second kappa shape index (κ2) is 7.41. The van der Waals surface area contributed by atoms with E-state index in [9.17, 15) is 9.90 Å². The minimum Gasteiger partial charge on any atom is -0.396 e. The monoisotopic (exact) mass is 276 g/mol. The summed E-state index contributed by atoms with van der Waals surface area (Å²) in [7, 11) is 0. The first-order valence-corrected chi connectivity index (χ1v) is 7.40. The number of aliphatic hydroxyl groups excluding tert-OH is 1. The summed E-state index contributed by atoms with van der Waals surface area (Å²) in [5.41, 5.74) is 2.00. The van der Waals surface area contributed by atoms with Crippen LogP contribution >= 0.6 is 0 Å². The summed E-state index contributed by atoms with van der Waals surface area (Å²) in [6.07, 6.45) is 4.45. The summed E-state index contributed by atoms with van der Waals surface area (Å²) >= 11 is 0. The highest BCUT2D eigenvalue weighted by Crippen LogP contribution is 2.23. The van der Waals surface area contributed by atoms with Crippen molar-refractivity contribution in [1.82, 2.24) is 5.32 Å². The number of rotatable bonds is 5. The normalized spacial score (nSPS) is 22.5. The van der Waals surface area contributed by atoms with E-state index in [0.29, 0.717) is 6.54 Å². The van der Waals surface area contributed by atoms with Crippen molar-refractivity contribution in [1.29, 1.82) is 0 Å². The van der Waals surface area contributed by atoms with Crippen LogP contribution in [0.25, 0.3) is 0 Å². The number of hydrogen-bond acceptors (Lipinski definition) is 3. The van der Waals surface area contributed by atoms with Crippen LogP contribution in [0.2, 0.25) is 0 Å². The van der Waals surface area contributed by atoms with Gasteiger partial charge in [-0.25, -0.2) is 0 Å². The van der Waals surface area contributed by atoms with Gasteiger partial charge in [0.05, 0.1) is 6.54 Å². The molecule has 1 amide bonds. The average Bonchev–Trinajstić information content (AvgIpc) is 2.48. The molecule has 1 saturated carbocycles. The van der Waals surface area contributed by atoms with E-state index >= 15 is 0 Å². The third kappa shape index (κ3) is 4.32. The number of benzene rings is 1. The fourth-order valence-electron chi connectivity index (χ4n) is 2.76. The van der Waals surface area contributed by atoms with Crippen molar-refractivity contribution in [2.75, 3.05) is 18.5 Å². The lowest BCUT2D eigenvalue weighted by Crippen LogP contribution is -2.43. The molecular formula is C16H24N2O2. The zero-order valence-electron chi connectivity index (χ0n) is 12.1. The van der Waals surface area contributed by atoms with Crippen molar-refractivity contribution in [2.45, 2.75) is 38.6 Å². The molecule has 2 rings (SSSR count). The summed E-state index contributed by atoms with van der Waals surface area (Å²) in [6.45, 7) is 2.53. The second-order valence-corrected chi connectivity index (χ2v) is 5.63. The van der Waals surface area contributed by atoms with E-state index in [1.54, 1.807) is 0 Å². The fraction of sp³-hybridized carbons (Fsp3) is 0.562. The van der Waals surface area contributed by atoms with E-state index in [4.69, 9.17) is 0 Å². The highest BCUT2D eigenvalue weighted by atomic mass is 16.3. The smallest absolute Gasteiger partial charge is 0.238 e. The molecule has 2 atom stereocenters. The van der Waals surface area contributed by atoms with E-state index in [0.717, 1.165) is 18.5 Å². The predicted molar refractivity (Wildman–Crippen MR) is 80.6 cm³/mol. The Morgan fingerprint density at radius 2 is 1.95 bits per heavy atom. The Kier molecular flexibility index (Phi) is 5.56. The lowest BCUT2D eigenvalue weighted by molar-refractivity contribution is -0.115. The zero-order valence-corrected chi connectivity index (χ0v) is 12.1. The second-order valence-electron chi connectivity index (χ2n) is 5.63. The van der Waals surface area contributed by atoms with Crippen LogP contribution in [0.5, 0.6) is 0 Å². The van der Waals surface area contributed by atoms with Gasteiger partial charge in [0, 0.05) is 18.3 Å². The third-order valence-electron chi connectivity index (χ3n) is 4.00. The summed E-state index contributed by atoms with van der Waals surface area (Å²) < 4.78 is 0. The molecule has 2 unspecified atom stereocenters. The number of carbonyl (C=O) groups excluding carboxylic acids is 1. The van der Waals surface area contributed by atoms with Crippen LogP contribution in [0.3, 0.4) is 0 Å². The first-order chi connectivity index (χ1) is 9.69. The van der Waals surface area contributed by atoms with E-state index in [1.807, 2.05) is 31.2 Å². The Bertz CT molecular complexity index is 431. The van der Waals surface area contributed by atoms with Gasteiger partial charge >= 0.3 is 0 Å². The molecule has 4 heteroatoms. The summed E-state index contributed by atoms with van der Waals surface area (Å²) in [5.74, 6) is 0.257. The van der Waals surface area contributed by atoms with Crippen molar-refractivity contribution in [3.05, 3.63) is 29.8 Å². The van der Waals surface area contributed by atoms with E-state index in [1.165, 1.54) is 18.4 Å². The summed E-state index contributed by atoms with van der Waals surface area (Å²) in [5, 5.41) is 15.5. The Morgan fingerprint density at radius 3 is 2.65 bits per heavy atom. The molecule has 20 heavy (non-hydrogen) atoms. The Morgan fingerprint density at radius 1 is 1.25 bits per heavy atom. The van der Waals surface area contributed by atoms with Crippen molar-refractivity contribution in [3.63, 3.8) is 0 Å². The molecule has 3 N–H and O–H groups in total. The number of hydrogen-bond donors (Lipinski definition) is 3. The molecule has 1 aromatic rings. The Labute approximate surface area is 120 Å². The third-order valence-corrected chi connectivity index (χ3v) is 4.00. The van der Waals surface area contributed by atoms with E-state index < -0.39 is 0 Å². The van der Waals surface area contributed by atoms with Gasteiger partial charge in [0.1, 0.15) is 0 Å². The number of aliphatic hydroxyl groups is 1. The van der Waals surface area contributed by atoms with Gasteiger partial charge in [0.25, 0.3) is 0 Å². The van der Waals surface area contributed by atoms with Crippen LogP contribution in [0.4, 0.5) is 5.69 Å². The first kappa shape index (κ1) is 15.0. The van der Waals surface area contributed by atoms with Gasteiger partial charge in [-0.15, -0.1) is 0 Å². The number of anilines is 1. The molecule has 0 heterocycles. The fourth-order valence-corrected chi connectivity index (χ4v) is 2.76. The van der Waals surface area contributed by atoms with Crippen LogP contribution in [-0.4, -0.2) is 30.2 Å². The molecule has 1 fully saturated rings. The molecule has 4 nitrogen and oxygen atoms in total. The molecule has 1 aliphatic carbocycles. The van der Waals surface area contributed by atoms with Crippen LogP contribution in [-0.2, 0) is 4.79 Å². The van der Waals surface area contributed by atoms with Crippen molar-refractivity contribution in [3.8, 4) is 0 Å². The molecule has 1 aromatic carbocycles. The maximum atomic E-state index is 11.9. The lowest BCUT2D eigenvalue weighted by atomic mass is 9.85. The number of amides is 1. The number of carbonyl (C=O) groups is 1. The van der Waals surface area contributed by atoms with Gasteiger partial charge < -0.3 is 15.7 Å². The highest BCUT2D eigenvalue weighted by molar-refractivity contribution is 5.92. The quantitative estimate of drug-likeness (QED) is 0.771. The standard InChI is InChI=1S/C16H24N2O2/c1-12-6-8-14(9-7-12)18-16(20)10-17-15-5-3-2-4-13(15)11-19/h6-9,13,15,17,19H,2-5,10-11H2,1H3,(H,18,20). The first-order valence-electron chi connectivity index (χ1n) is 7.40. The Balaban J connectivity index is 1.78. The maximum Gasteiger partial charge on any atom is 0.238 e. The van der Waals surface area contributed by atoms with Gasteiger partial charge in [-0.3, -0.25) is 4.79 Å². The van der Waals surface area contributed by atoms with Gasteiger partial charge in [-0.1, -0.05) is 30.5 Å². The van der Waals surface area contributed by atoms with Crippen LogP contribution in [0, 0.1) is 12.8 Å². The molecule has 0 bridgehead atoms. The van der Waals surface area contributed by atoms with Gasteiger partial charge in [-0.05, 0) is 37.8 Å². The topological polar surface area (TPSA) is 61.4 Å². The molecule has 110 valence electrons. The van der Waals surface area contributed by atoms with Crippen molar-refractivity contribution >= 4 is 11.6 Å². The minimum atomic E-state index is -0.0314. The maximum absolute atomic E-state index is 11.9. The van der Waals surface area contributed by atoms with Crippen LogP contribution in [0.1, 0.15) is 31.2 Å². The van der Waals surface area contributed by atoms with Gasteiger partial charge in [-0.2, -0.15) is 0 Å².